The van der Waals surface area contributed by atoms with E-state index in [1.54, 1.807) is 0 Å². The van der Waals surface area contributed by atoms with Crippen molar-refractivity contribution in [2.75, 3.05) is 37.6 Å². The molecule has 0 amide bonds. The highest BCUT2D eigenvalue weighted by Gasteiger charge is 2.25. The molecule has 1 aromatic carbocycles. The first-order valence-corrected chi connectivity index (χ1v) is 8.24. The van der Waals surface area contributed by atoms with Crippen molar-refractivity contribution < 1.29 is 0 Å². The van der Waals surface area contributed by atoms with E-state index in [4.69, 9.17) is 0 Å². The van der Waals surface area contributed by atoms with Crippen LogP contribution in [0.2, 0.25) is 0 Å². The Labute approximate surface area is 130 Å². The number of anilines is 1. The largest absolute Gasteiger partial charge is 0.370 e. The summed E-state index contributed by atoms with van der Waals surface area (Å²) in [7, 11) is 0. The van der Waals surface area contributed by atoms with Crippen molar-refractivity contribution in [3.8, 4) is 0 Å². The van der Waals surface area contributed by atoms with Crippen LogP contribution in [-0.2, 0) is 0 Å². The van der Waals surface area contributed by atoms with Crippen molar-refractivity contribution in [3.63, 3.8) is 0 Å². The highest BCUT2D eigenvalue weighted by atomic mass is 16.1. The molecule has 1 aliphatic carbocycles. The Bertz CT molecular complexity index is 722. The molecule has 0 bridgehead atoms. The van der Waals surface area contributed by atoms with E-state index in [-0.39, 0.29) is 5.56 Å². The highest BCUT2D eigenvalue weighted by Crippen LogP contribution is 2.30. The summed E-state index contributed by atoms with van der Waals surface area (Å²) >= 11 is 0. The predicted octanol–water partition coefficient (Wildman–Crippen LogP) is 1.85. The number of aromatic nitrogens is 2. The van der Waals surface area contributed by atoms with Crippen LogP contribution in [0.1, 0.15) is 19.3 Å². The molecule has 5 nitrogen and oxygen atoms in total. The molecule has 0 unspecified atom stereocenters. The van der Waals surface area contributed by atoms with Crippen molar-refractivity contribution >= 4 is 16.6 Å². The Morgan fingerprint density at radius 2 is 2.09 bits per heavy atom. The molecule has 0 atom stereocenters. The summed E-state index contributed by atoms with van der Waals surface area (Å²) in [6.07, 6.45) is 5.49. The van der Waals surface area contributed by atoms with Crippen molar-refractivity contribution in [2.45, 2.75) is 19.3 Å². The second kappa shape index (κ2) is 5.72. The monoisotopic (exact) mass is 298 g/mol. The quantitative estimate of drug-likeness (QED) is 0.939. The molecule has 1 saturated carbocycles. The van der Waals surface area contributed by atoms with Crippen LogP contribution >= 0.6 is 0 Å². The van der Waals surface area contributed by atoms with Crippen molar-refractivity contribution in [3.05, 3.63) is 34.9 Å². The third-order valence-electron chi connectivity index (χ3n) is 4.79. The lowest BCUT2D eigenvalue weighted by atomic mass is 10.2. The number of benzene rings is 1. The zero-order chi connectivity index (χ0) is 14.9. The fourth-order valence-electron chi connectivity index (χ4n) is 3.33. The van der Waals surface area contributed by atoms with Crippen LogP contribution in [0.25, 0.3) is 10.9 Å². The van der Waals surface area contributed by atoms with Crippen LogP contribution in [0.15, 0.2) is 29.3 Å². The van der Waals surface area contributed by atoms with E-state index in [9.17, 15) is 4.79 Å². The summed E-state index contributed by atoms with van der Waals surface area (Å²) in [6.45, 7) is 5.69. The Kier molecular flexibility index (Phi) is 3.58. The molecule has 1 N–H and O–H groups in total. The van der Waals surface area contributed by atoms with E-state index in [1.807, 2.05) is 12.1 Å². The predicted molar refractivity (Wildman–Crippen MR) is 88.4 cm³/mol. The lowest BCUT2D eigenvalue weighted by Gasteiger charge is -2.23. The van der Waals surface area contributed by atoms with Crippen LogP contribution in [0.5, 0.6) is 0 Å². The van der Waals surface area contributed by atoms with E-state index < -0.39 is 0 Å². The first-order chi connectivity index (χ1) is 10.8. The van der Waals surface area contributed by atoms with Gasteiger partial charge in [-0.05, 0) is 49.9 Å². The number of rotatable bonds is 3. The molecule has 0 radical (unpaired) electrons. The average molecular weight is 298 g/mol. The number of nitrogens with zero attached hydrogens (tertiary/aromatic N) is 3. The average Bonchev–Trinajstić information content (AvgIpc) is 3.36. The minimum absolute atomic E-state index is 0.0583. The summed E-state index contributed by atoms with van der Waals surface area (Å²) in [4.78, 5) is 23.8. The molecule has 2 heterocycles. The van der Waals surface area contributed by atoms with Gasteiger partial charge < -0.3 is 14.8 Å². The van der Waals surface area contributed by atoms with Gasteiger partial charge in [-0.2, -0.15) is 0 Å². The summed E-state index contributed by atoms with van der Waals surface area (Å²) in [6, 6.07) is 6.02. The Morgan fingerprint density at radius 1 is 1.18 bits per heavy atom. The molecule has 1 aliphatic heterocycles. The fraction of sp³-hybridized carbons (Fsp3) is 0.529. The SMILES string of the molecule is O=c1[nH]cnc2ccc(N3CCCN(CC4CC4)CC3)cc12. The lowest BCUT2D eigenvalue weighted by molar-refractivity contribution is 0.282. The van der Waals surface area contributed by atoms with Crippen LogP contribution < -0.4 is 10.5 Å². The Hall–Kier alpha value is -1.88. The van der Waals surface area contributed by atoms with E-state index in [2.05, 4.69) is 25.8 Å². The molecule has 5 heteroatoms. The van der Waals surface area contributed by atoms with Gasteiger partial charge in [-0.1, -0.05) is 0 Å². The van der Waals surface area contributed by atoms with Crippen LogP contribution in [-0.4, -0.2) is 47.6 Å². The van der Waals surface area contributed by atoms with Gasteiger partial charge in [0.05, 0.1) is 17.2 Å². The lowest BCUT2D eigenvalue weighted by Crippen LogP contribution is -2.32. The smallest absolute Gasteiger partial charge is 0.258 e. The third-order valence-corrected chi connectivity index (χ3v) is 4.79. The third kappa shape index (κ3) is 2.86. The fourth-order valence-corrected chi connectivity index (χ4v) is 3.33. The summed E-state index contributed by atoms with van der Waals surface area (Å²) in [5.41, 5.74) is 1.84. The molecule has 0 spiro atoms. The number of nitrogens with one attached hydrogen (secondary N) is 1. The molecule has 116 valence electrons. The standard InChI is InChI=1S/C17H22N4O/c22-17-15-10-14(4-5-16(15)18-12-19-17)21-7-1-6-20(8-9-21)11-13-2-3-13/h4-5,10,12-13H,1-3,6-9,11H2,(H,18,19,22). The molecule has 2 fully saturated rings. The van der Waals surface area contributed by atoms with Crippen molar-refractivity contribution in [2.24, 2.45) is 5.92 Å². The van der Waals surface area contributed by atoms with E-state index in [0.717, 1.165) is 36.8 Å². The maximum Gasteiger partial charge on any atom is 0.258 e. The van der Waals surface area contributed by atoms with Gasteiger partial charge in [-0.25, -0.2) is 4.98 Å². The highest BCUT2D eigenvalue weighted by molar-refractivity contribution is 5.81. The molecule has 1 aromatic heterocycles. The summed E-state index contributed by atoms with van der Waals surface area (Å²) in [5, 5.41) is 0.680. The number of fused-ring (bicyclic) bond motifs is 1. The molecule has 4 rings (SSSR count). The van der Waals surface area contributed by atoms with Gasteiger partial charge >= 0.3 is 0 Å². The Morgan fingerprint density at radius 3 is 2.95 bits per heavy atom. The first kappa shape index (κ1) is 13.8. The second-order valence-corrected chi connectivity index (χ2v) is 6.52. The van der Waals surface area contributed by atoms with Gasteiger partial charge in [0.1, 0.15) is 0 Å². The van der Waals surface area contributed by atoms with Crippen LogP contribution in [0.3, 0.4) is 0 Å². The number of aromatic amines is 1. The van der Waals surface area contributed by atoms with E-state index in [1.165, 1.54) is 38.7 Å². The minimum atomic E-state index is -0.0583. The van der Waals surface area contributed by atoms with Gasteiger partial charge in [0.15, 0.2) is 0 Å². The number of hydrogen-bond donors (Lipinski definition) is 1. The number of hydrogen-bond acceptors (Lipinski definition) is 4. The topological polar surface area (TPSA) is 52.2 Å². The first-order valence-electron chi connectivity index (χ1n) is 8.24. The molecule has 22 heavy (non-hydrogen) atoms. The van der Waals surface area contributed by atoms with Gasteiger partial charge in [0.2, 0.25) is 0 Å². The van der Waals surface area contributed by atoms with Crippen LogP contribution in [0.4, 0.5) is 5.69 Å². The summed E-state index contributed by atoms with van der Waals surface area (Å²) in [5.74, 6) is 0.955. The zero-order valence-corrected chi connectivity index (χ0v) is 12.8. The Balaban J connectivity index is 1.53. The molecular weight excluding hydrogens is 276 g/mol. The second-order valence-electron chi connectivity index (χ2n) is 6.52. The van der Waals surface area contributed by atoms with Gasteiger partial charge in [0.25, 0.3) is 5.56 Å². The van der Waals surface area contributed by atoms with Gasteiger partial charge in [0, 0.05) is 31.9 Å². The summed E-state index contributed by atoms with van der Waals surface area (Å²) < 4.78 is 0. The molecule has 1 saturated heterocycles. The minimum Gasteiger partial charge on any atom is -0.370 e. The molecule has 2 aromatic rings. The van der Waals surface area contributed by atoms with E-state index in [0.29, 0.717) is 5.39 Å². The molecule has 2 aliphatic rings. The van der Waals surface area contributed by atoms with Crippen molar-refractivity contribution in [1.29, 1.82) is 0 Å². The van der Waals surface area contributed by atoms with Crippen molar-refractivity contribution in [1.82, 2.24) is 14.9 Å². The maximum absolute atomic E-state index is 11.9. The van der Waals surface area contributed by atoms with E-state index >= 15 is 0 Å². The normalized spacial score (nSPS) is 20.3. The maximum atomic E-state index is 11.9. The van der Waals surface area contributed by atoms with Gasteiger partial charge in [-0.15, -0.1) is 0 Å². The zero-order valence-electron chi connectivity index (χ0n) is 12.8. The van der Waals surface area contributed by atoms with Gasteiger partial charge in [-0.3, -0.25) is 4.79 Å². The van der Waals surface area contributed by atoms with Crippen LogP contribution in [0, 0.1) is 5.92 Å². The molecular formula is C17H22N4O. The number of H-pyrrole nitrogens is 1.